The van der Waals surface area contributed by atoms with E-state index < -0.39 is 10.0 Å². The lowest BCUT2D eigenvalue weighted by atomic mass is 10.00. The summed E-state index contributed by atoms with van der Waals surface area (Å²) in [7, 11) is -3.34. The second-order valence-corrected chi connectivity index (χ2v) is 9.18. The molecule has 1 aromatic rings. The van der Waals surface area contributed by atoms with Crippen LogP contribution in [-0.4, -0.2) is 57.8 Å². The van der Waals surface area contributed by atoms with Gasteiger partial charge in [0.15, 0.2) is 5.96 Å². The molecule has 0 spiro atoms. The smallest absolute Gasteiger partial charge is 0.237 e. The van der Waals surface area contributed by atoms with Gasteiger partial charge < -0.3 is 10.2 Å². The molecule has 1 saturated heterocycles. The molecule has 3 rings (SSSR count). The zero-order chi connectivity index (χ0) is 18.6. The molecule has 0 amide bonds. The van der Waals surface area contributed by atoms with Crippen LogP contribution in [-0.2, 0) is 16.4 Å². The van der Waals surface area contributed by atoms with Gasteiger partial charge in [-0.05, 0) is 43.7 Å². The summed E-state index contributed by atoms with van der Waals surface area (Å²) in [6, 6.07) is 7.75. The number of anilines is 1. The van der Waals surface area contributed by atoms with Crippen LogP contribution in [0.2, 0.25) is 0 Å². The second kappa shape index (κ2) is 8.29. The lowest BCUT2D eigenvalue weighted by molar-refractivity contribution is 0.273. The standard InChI is InChI=1S/C19H30N4O2S/c1-3-20-19(22-12-8-16(2)9-13-22)21-11-15-26(24,25)23-14-10-17-6-4-5-7-18(17)23/h4-7,16H,3,8-15H2,1-2H3,(H,20,21). The Morgan fingerprint density at radius 1 is 1.23 bits per heavy atom. The van der Waals surface area contributed by atoms with Crippen molar-refractivity contribution in [1.29, 1.82) is 0 Å². The number of sulfonamides is 1. The van der Waals surface area contributed by atoms with Gasteiger partial charge in [0.25, 0.3) is 0 Å². The molecular formula is C19H30N4O2S. The largest absolute Gasteiger partial charge is 0.357 e. The lowest BCUT2D eigenvalue weighted by Crippen LogP contribution is -2.45. The lowest BCUT2D eigenvalue weighted by Gasteiger charge is -2.33. The van der Waals surface area contributed by atoms with E-state index in [1.165, 1.54) is 0 Å². The van der Waals surface area contributed by atoms with Crippen molar-refractivity contribution < 1.29 is 8.42 Å². The zero-order valence-electron chi connectivity index (χ0n) is 15.8. The predicted molar refractivity (Wildman–Crippen MR) is 107 cm³/mol. The van der Waals surface area contributed by atoms with Gasteiger partial charge in [0.2, 0.25) is 10.0 Å². The number of hydrogen-bond acceptors (Lipinski definition) is 3. The van der Waals surface area contributed by atoms with Gasteiger partial charge in [-0.2, -0.15) is 0 Å². The number of guanidine groups is 1. The molecule has 0 saturated carbocycles. The molecule has 2 aliphatic heterocycles. The molecule has 2 heterocycles. The summed E-state index contributed by atoms with van der Waals surface area (Å²) in [5.41, 5.74) is 1.93. The molecule has 0 aromatic heterocycles. The third-order valence-corrected chi connectivity index (χ3v) is 6.96. The van der Waals surface area contributed by atoms with E-state index in [2.05, 4.69) is 22.1 Å². The monoisotopic (exact) mass is 378 g/mol. The number of rotatable bonds is 5. The number of fused-ring (bicyclic) bond motifs is 1. The molecule has 6 nitrogen and oxygen atoms in total. The molecule has 0 aliphatic carbocycles. The molecule has 7 heteroatoms. The number of likely N-dealkylation sites (tertiary alicyclic amines) is 1. The van der Waals surface area contributed by atoms with Gasteiger partial charge >= 0.3 is 0 Å². The van der Waals surface area contributed by atoms with Gasteiger partial charge in [-0.3, -0.25) is 9.30 Å². The Morgan fingerprint density at radius 2 is 1.96 bits per heavy atom. The SMILES string of the molecule is CCNC(=NCCS(=O)(=O)N1CCc2ccccc21)N1CCC(C)CC1. The van der Waals surface area contributed by atoms with E-state index in [0.717, 1.165) is 62.0 Å². The van der Waals surface area contributed by atoms with E-state index >= 15 is 0 Å². The summed E-state index contributed by atoms with van der Waals surface area (Å²) in [5, 5.41) is 3.31. The van der Waals surface area contributed by atoms with Gasteiger partial charge in [-0.25, -0.2) is 8.42 Å². The van der Waals surface area contributed by atoms with Crippen LogP contribution in [0.5, 0.6) is 0 Å². The van der Waals surface area contributed by atoms with E-state index in [-0.39, 0.29) is 12.3 Å². The summed E-state index contributed by atoms with van der Waals surface area (Å²) in [6.45, 7) is 7.91. The van der Waals surface area contributed by atoms with E-state index in [0.29, 0.717) is 6.54 Å². The number of benzene rings is 1. The predicted octanol–water partition coefficient (Wildman–Crippen LogP) is 2.08. The molecular weight excluding hydrogens is 348 g/mol. The third-order valence-electron chi connectivity index (χ3n) is 5.21. The number of nitrogens with one attached hydrogen (secondary N) is 1. The Hall–Kier alpha value is -1.76. The molecule has 26 heavy (non-hydrogen) atoms. The Kier molecular flexibility index (Phi) is 6.06. The van der Waals surface area contributed by atoms with Crippen LogP contribution >= 0.6 is 0 Å². The van der Waals surface area contributed by atoms with E-state index in [9.17, 15) is 8.42 Å². The zero-order valence-corrected chi connectivity index (χ0v) is 16.6. The Morgan fingerprint density at radius 3 is 2.69 bits per heavy atom. The fourth-order valence-electron chi connectivity index (χ4n) is 3.62. The Labute approximate surface area is 157 Å². The molecule has 2 aliphatic rings. The average Bonchev–Trinajstić information content (AvgIpc) is 3.07. The number of para-hydroxylation sites is 1. The van der Waals surface area contributed by atoms with Crippen LogP contribution < -0.4 is 9.62 Å². The molecule has 1 N–H and O–H groups in total. The van der Waals surface area contributed by atoms with Crippen LogP contribution in [0.4, 0.5) is 5.69 Å². The highest BCUT2D eigenvalue weighted by atomic mass is 32.2. The average molecular weight is 379 g/mol. The topological polar surface area (TPSA) is 65.0 Å². The first-order valence-corrected chi connectivity index (χ1v) is 11.2. The second-order valence-electron chi connectivity index (χ2n) is 7.17. The fraction of sp³-hybridized carbons (Fsp3) is 0.632. The van der Waals surface area contributed by atoms with Crippen LogP contribution in [0.25, 0.3) is 0 Å². The summed E-state index contributed by atoms with van der Waals surface area (Å²) >= 11 is 0. The number of hydrogen-bond donors (Lipinski definition) is 1. The van der Waals surface area contributed by atoms with E-state index in [1.807, 2.05) is 31.2 Å². The van der Waals surface area contributed by atoms with Crippen LogP contribution in [0.3, 0.4) is 0 Å². The van der Waals surface area contributed by atoms with Crippen molar-refractivity contribution >= 4 is 21.7 Å². The van der Waals surface area contributed by atoms with Crippen LogP contribution in [0, 0.1) is 5.92 Å². The van der Waals surface area contributed by atoms with Crippen LogP contribution in [0.1, 0.15) is 32.3 Å². The fourth-order valence-corrected chi connectivity index (χ4v) is 5.01. The molecule has 0 atom stereocenters. The van der Waals surface area contributed by atoms with Gasteiger partial charge in [0.05, 0.1) is 18.0 Å². The Balaban J connectivity index is 1.64. The van der Waals surface area contributed by atoms with Gasteiger partial charge in [-0.1, -0.05) is 25.1 Å². The van der Waals surface area contributed by atoms with Crippen molar-refractivity contribution in [2.24, 2.45) is 10.9 Å². The highest BCUT2D eigenvalue weighted by Gasteiger charge is 2.28. The summed E-state index contributed by atoms with van der Waals surface area (Å²) in [4.78, 5) is 6.85. The maximum atomic E-state index is 12.8. The minimum absolute atomic E-state index is 0.0421. The van der Waals surface area contributed by atoms with Crippen molar-refractivity contribution in [3.05, 3.63) is 29.8 Å². The molecule has 0 radical (unpaired) electrons. The summed E-state index contributed by atoms with van der Waals surface area (Å²) < 4.78 is 27.1. The van der Waals surface area contributed by atoms with E-state index in [1.54, 1.807) is 4.31 Å². The first-order valence-electron chi connectivity index (χ1n) is 9.63. The van der Waals surface area contributed by atoms with E-state index in [4.69, 9.17) is 0 Å². The summed E-state index contributed by atoms with van der Waals surface area (Å²) in [6.07, 6.45) is 3.10. The molecule has 0 bridgehead atoms. The van der Waals surface area contributed by atoms with Crippen LogP contribution in [0.15, 0.2) is 29.3 Å². The highest BCUT2D eigenvalue weighted by molar-refractivity contribution is 7.92. The normalized spacial score (nSPS) is 18.9. The maximum absolute atomic E-state index is 12.8. The van der Waals surface area contributed by atoms with Crippen molar-refractivity contribution in [3.63, 3.8) is 0 Å². The first-order chi connectivity index (χ1) is 12.5. The molecule has 144 valence electrons. The highest BCUT2D eigenvalue weighted by Crippen LogP contribution is 2.29. The van der Waals surface area contributed by atoms with Gasteiger partial charge in [0, 0.05) is 26.2 Å². The van der Waals surface area contributed by atoms with Crippen molar-refractivity contribution in [2.45, 2.75) is 33.1 Å². The van der Waals surface area contributed by atoms with Gasteiger partial charge in [-0.15, -0.1) is 0 Å². The Bertz CT molecular complexity index is 740. The van der Waals surface area contributed by atoms with Gasteiger partial charge in [0.1, 0.15) is 0 Å². The van der Waals surface area contributed by atoms with Crippen molar-refractivity contribution in [2.75, 3.05) is 42.8 Å². The number of piperidine rings is 1. The molecule has 0 unspecified atom stereocenters. The number of aliphatic imine (C=N–C) groups is 1. The summed E-state index contributed by atoms with van der Waals surface area (Å²) in [5.74, 6) is 1.64. The molecule has 1 aromatic carbocycles. The minimum atomic E-state index is -3.34. The number of nitrogens with zero attached hydrogens (tertiary/aromatic N) is 3. The minimum Gasteiger partial charge on any atom is -0.357 e. The van der Waals surface area contributed by atoms with Crippen molar-refractivity contribution in [3.8, 4) is 0 Å². The maximum Gasteiger partial charge on any atom is 0.237 e. The third kappa shape index (κ3) is 4.31. The first kappa shape index (κ1) is 19.0. The van der Waals surface area contributed by atoms with Crippen molar-refractivity contribution in [1.82, 2.24) is 10.2 Å². The molecule has 1 fully saturated rings. The quantitative estimate of drug-likeness (QED) is 0.629.